The van der Waals surface area contributed by atoms with Gasteiger partial charge in [-0.25, -0.2) is 0 Å². The van der Waals surface area contributed by atoms with Gasteiger partial charge in [0, 0.05) is 0 Å². The highest BCUT2D eigenvalue weighted by Gasteiger charge is 2.41. The molecule has 0 radical (unpaired) electrons. The Hall–Kier alpha value is -1.06. The Labute approximate surface area is 121 Å². The van der Waals surface area contributed by atoms with Crippen LogP contribution < -0.4 is 10.6 Å². The predicted octanol–water partition coefficient (Wildman–Crippen LogP) is 2.13. The Balaban J connectivity index is 1.63. The maximum absolute atomic E-state index is 12.4. The molecule has 2 amide bonds. The third-order valence-corrected chi connectivity index (χ3v) is 5.40. The lowest BCUT2D eigenvalue weighted by molar-refractivity contribution is -0.140. The molecule has 3 fully saturated rings. The first kappa shape index (κ1) is 13.9. The van der Waals surface area contributed by atoms with Gasteiger partial charge in [-0.3, -0.25) is 9.59 Å². The van der Waals surface area contributed by atoms with E-state index in [9.17, 15) is 9.59 Å². The number of hydrogen-bond acceptors (Lipinski definition) is 2. The third kappa shape index (κ3) is 2.84. The summed E-state index contributed by atoms with van der Waals surface area (Å²) in [5.74, 6) is 0.819. The lowest BCUT2D eigenvalue weighted by Gasteiger charge is -2.39. The van der Waals surface area contributed by atoms with E-state index in [1.54, 1.807) is 0 Å². The van der Waals surface area contributed by atoms with Gasteiger partial charge < -0.3 is 10.6 Å². The van der Waals surface area contributed by atoms with Gasteiger partial charge in [-0.15, -0.1) is 0 Å². The summed E-state index contributed by atoms with van der Waals surface area (Å²) in [5.41, 5.74) is 0. The summed E-state index contributed by atoms with van der Waals surface area (Å²) in [7, 11) is 0. The molecule has 3 rings (SSSR count). The molecule has 2 atom stereocenters. The number of hydrogen-bond donors (Lipinski definition) is 2. The molecule has 2 unspecified atom stereocenters. The summed E-state index contributed by atoms with van der Waals surface area (Å²) in [6.45, 7) is 0. The largest absolute Gasteiger partial charge is 0.342 e. The SMILES string of the molecule is O=C1NC(C2CCCCC2)C(=O)NC1C1CCCCC1. The average molecular weight is 278 g/mol. The van der Waals surface area contributed by atoms with Gasteiger partial charge in [-0.1, -0.05) is 38.5 Å². The Morgan fingerprint density at radius 2 is 0.950 bits per heavy atom. The molecule has 1 aliphatic heterocycles. The molecule has 2 saturated carbocycles. The number of amides is 2. The molecule has 112 valence electrons. The van der Waals surface area contributed by atoms with Crippen LogP contribution >= 0.6 is 0 Å². The lowest BCUT2D eigenvalue weighted by atomic mass is 9.79. The highest BCUT2D eigenvalue weighted by atomic mass is 16.2. The fourth-order valence-electron chi connectivity index (χ4n) is 4.22. The van der Waals surface area contributed by atoms with Gasteiger partial charge in [0.05, 0.1) is 0 Å². The van der Waals surface area contributed by atoms with Crippen molar-refractivity contribution in [1.82, 2.24) is 10.6 Å². The zero-order valence-electron chi connectivity index (χ0n) is 12.2. The second kappa shape index (κ2) is 6.15. The van der Waals surface area contributed by atoms with E-state index in [0.29, 0.717) is 11.8 Å². The van der Waals surface area contributed by atoms with Crippen molar-refractivity contribution in [1.29, 1.82) is 0 Å². The van der Waals surface area contributed by atoms with Crippen LogP contribution in [0.5, 0.6) is 0 Å². The Morgan fingerprint density at radius 1 is 0.600 bits per heavy atom. The van der Waals surface area contributed by atoms with Crippen LogP contribution in [-0.4, -0.2) is 23.9 Å². The Kier molecular flexibility index (Phi) is 4.27. The zero-order chi connectivity index (χ0) is 13.9. The lowest BCUT2D eigenvalue weighted by Crippen LogP contribution is -2.65. The maximum atomic E-state index is 12.4. The molecule has 2 aliphatic carbocycles. The van der Waals surface area contributed by atoms with E-state index in [0.717, 1.165) is 25.7 Å². The summed E-state index contributed by atoms with van der Waals surface area (Å²) in [5, 5.41) is 6.06. The van der Waals surface area contributed by atoms with E-state index in [1.165, 1.54) is 38.5 Å². The Morgan fingerprint density at radius 3 is 1.30 bits per heavy atom. The predicted molar refractivity (Wildman–Crippen MR) is 77.0 cm³/mol. The second-order valence-corrected chi connectivity index (χ2v) is 6.77. The van der Waals surface area contributed by atoms with Gasteiger partial charge in [0.2, 0.25) is 11.8 Å². The molecule has 1 saturated heterocycles. The molecule has 20 heavy (non-hydrogen) atoms. The standard InChI is InChI=1S/C16H26N2O2/c19-15-13(11-7-3-1-4-8-11)17-16(20)14(18-15)12-9-5-2-6-10-12/h11-14H,1-10H2,(H,17,20)(H,18,19). The smallest absolute Gasteiger partial charge is 0.243 e. The van der Waals surface area contributed by atoms with Crippen molar-refractivity contribution in [2.24, 2.45) is 11.8 Å². The summed E-state index contributed by atoms with van der Waals surface area (Å²) < 4.78 is 0. The summed E-state index contributed by atoms with van der Waals surface area (Å²) in [4.78, 5) is 24.7. The first-order valence-corrected chi connectivity index (χ1v) is 8.36. The first-order valence-electron chi connectivity index (χ1n) is 8.36. The molecule has 0 aromatic rings. The van der Waals surface area contributed by atoms with E-state index in [1.807, 2.05) is 0 Å². The molecular formula is C16H26N2O2. The molecule has 2 N–H and O–H groups in total. The van der Waals surface area contributed by atoms with Crippen LogP contribution in [0.1, 0.15) is 64.2 Å². The molecule has 0 bridgehead atoms. The second-order valence-electron chi connectivity index (χ2n) is 6.77. The molecule has 0 aromatic carbocycles. The van der Waals surface area contributed by atoms with Crippen LogP contribution in [-0.2, 0) is 9.59 Å². The number of rotatable bonds is 2. The third-order valence-electron chi connectivity index (χ3n) is 5.40. The van der Waals surface area contributed by atoms with E-state index in [4.69, 9.17) is 0 Å². The fraction of sp³-hybridized carbons (Fsp3) is 0.875. The van der Waals surface area contributed by atoms with Gasteiger partial charge >= 0.3 is 0 Å². The molecule has 0 aromatic heterocycles. The molecule has 4 nitrogen and oxygen atoms in total. The summed E-state index contributed by atoms with van der Waals surface area (Å²) >= 11 is 0. The summed E-state index contributed by atoms with van der Waals surface area (Å²) in [6.07, 6.45) is 11.6. The van der Waals surface area contributed by atoms with Crippen molar-refractivity contribution < 1.29 is 9.59 Å². The number of carbonyl (C=O) groups is 2. The first-order chi connectivity index (χ1) is 9.75. The van der Waals surface area contributed by atoms with Crippen molar-refractivity contribution in [2.45, 2.75) is 76.3 Å². The van der Waals surface area contributed by atoms with Crippen molar-refractivity contribution >= 4 is 11.8 Å². The monoisotopic (exact) mass is 278 g/mol. The van der Waals surface area contributed by atoms with Crippen molar-refractivity contribution in [2.75, 3.05) is 0 Å². The minimum Gasteiger partial charge on any atom is -0.342 e. The van der Waals surface area contributed by atoms with Gasteiger partial charge in [0.15, 0.2) is 0 Å². The quantitative estimate of drug-likeness (QED) is 0.813. The van der Waals surface area contributed by atoms with Gasteiger partial charge in [-0.2, -0.15) is 0 Å². The van der Waals surface area contributed by atoms with Gasteiger partial charge in [0.25, 0.3) is 0 Å². The normalized spacial score (nSPS) is 33.6. The van der Waals surface area contributed by atoms with E-state index in [-0.39, 0.29) is 23.9 Å². The van der Waals surface area contributed by atoms with Crippen LogP contribution in [0.25, 0.3) is 0 Å². The van der Waals surface area contributed by atoms with Crippen LogP contribution in [0, 0.1) is 11.8 Å². The van der Waals surface area contributed by atoms with E-state index < -0.39 is 0 Å². The minimum atomic E-state index is -0.275. The molecule has 1 heterocycles. The van der Waals surface area contributed by atoms with Crippen molar-refractivity contribution in [3.05, 3.63) is 0 Å². The highest BCUT2D eigenvalue weighted by molar-refractivity contribution is 5.97. The average Bonchev–Trinajstić information content (AvgIpc) is 2.51. The van der Waals surface area contributed by atoms with E-state index in [2.05, 4.69) is 10.6 Å². The van der Waals surface area contributed by atoms with Crippen LogP contribution in [0.2, 0.25) is 0 Å². The fourth-order valence-corrected chi connectivity index (χ4v) is 4.22. The van der Waals surface area contributed by atoms with Gasteiger partial charge in [0.1, 0.15) is 12.1 Å². The topological polar surface area (TPSA) is 58.2 Å². The number of piperazine rings is 1. The van der Waals surface area contributed by atoms with Crippen molar-refractivity contribution in [3.8, 4) is 0 Å². The number of carbonyl (C=O) groups excluding carboxylic acids is 2. The number of nitrogens with one attached hydrogen (secondary N) is 2. The van der Waals surface area contributed by atoms with Crippen LogP contribution in [0.4, 0.5) is 0 Å². The molecule has 4 heteroatoms. The van der Waals surface area contributed by atoms with Crippen molar-refractivity contribution in [3.63, 3.8) is 0 Å². The maximum Gasteiger partial charge on any atom is 0.243 e. The highest BCUT2D eigenvalue weighted by Crippen LogP contribution is 2.30. The van der Waals surface area contributed by atoms with Crippen LogP contribution in [0.15, 0.2) is 0 Å². The van der Waals surface area contributed by atoms with Crippen LogP contribution in [0.3, 0.4) is 0 Å². The zero-order valence-corrected chi connectivity index (χ0v) is 12.2. The molecule has 3 aliphatic rings. The summed E-state index contributed by atoms with van der Waals surface area (Å²) in [6, 6.07) is -0.551. The van der Waals surface area contributed by atoms with Gasteiger partial charge in [-0.05, 0) is 37.5 Å². The van der Waals surface area contributed by atoms with E-state index >= 15 is 0 Å². The minimum absolute atomic E-state index is 0.0621. The molecule has 0 spiro atoms. The molecular weight excluding hydrogens is 252 g/mol. The Bertz CT molecular complexity index is 335.